The minimum atomic E-state index is -0.403. The highest BCUT2D eigenvalue weighted by molar-refractivity contribution is 9.10. The SMILES string of the molecule is COc1cc(F)c(Br)cc1C(N)Cc1ccc(F)cc1. The lowest BCUT2D eigenvalue weighted by Gasteiger charge is -2.16. The van der Waals surface area contributed by atoms with Crippen molar-refractivity contribution in [2.75, 3.05) is 7.11 Å². The van der Waals surface area contributed by atoms with Crippen LogP contribution in [0, 0.1) is 11.6 Å². The standard InChI is InChI=1S/C15H14BrF2NO/c1-20-15-8-13(18)12(16)7-11(15)14(19)6-9-2-4-10(17)5-3-9/h2-5,7-8,14H,6,19H2,1H3. The molecule has 1 unspecified atom stereocenters. The maximum absolute atomic E-state index is 13.5. The highest BCUT2D eigenvalue weighted by atomic mass is 79.9. The summed E-state index contributed by atoms with van der Waals surface area (Å²) in [4.78, 5) is 0. The molecule has 0 heterocycles. The number of ether oxygens (including phenoxy) is 1. The van der Waals surface area contributed by atoms with Gasteiger partial charge in [0.15, 0.2) is 0 Å². The molecular weight excluding hydrogens is 328 g/mol. The lowest BCUT2D eigenvalue weighted by atomic mass is 9.99. The second-order valence-electron chi connectivity index (χ2n) is 4.45. The van der Waals surface area contributed by atoms with Crippen LogP contribution >= 0.6 is 15.9 Å². The summed E-state index contributed by atoms with van der Waals surface area (Å²) in [5, 5.41) is 0. The molecule has 20 heavy (non-hydrogen) atoms. The largest absolute Gasteiger partial charge is 0.496 e. The van der Waals surface area contributed by atoms with Crippen LogP contribution in [-0.4, -0.2) is 7.11 Å². The summed E-state index contributed by atoms with van der Waals surface area (Å²) < 4.78 is 31.8. The van der Waals surface area contributed by atoms with E-state index in [4.69, 9.17) is 10.5 Å². The first-order valence-electron chi connectivity index (χ1n) is 6.04. The van der Waals surface area contributed by atoms with E-state index in [1.165, 1.54) is 25.3 Å². The maximum Gasteiger partial charge on any atom is 0.141 e. The zero-order valence-corrected chi connectivity index (χ0v) is 12.5. The van der Waals surface area contributed by atoms with Crippen LogP contribution in [0.3, 0.4) is 0 Å². The van der Waals surface area contributed by atoms with Gasteiger partial charge < -0.3 is 10.5 Å². The van der Waals surface area contributed by atoms with E-state index >= 15 is 0 Å². The maximum atomic E-state index is 13.5. The highest BCUT2D eigenvalue weighted by Crippen LogP contribution is 2.31. The van der Waals surface area contributed by atoms with E-state index in [1.807, 2.05) is 0 Å². The fourth-order valence-electron chi connectivity index (χ4n) is 1.99. The molecule has 0 fully saturated rings. The van der Waals surface area contributed by atoms with Crippen LogP contribution in [0.15, 0.2) is 40.9 Å². The average molecular weight is 342 g/mol. The molecule has 2 aromatic carbocycles. The van der Waals surface area contributed by atoms with Crippen LogP contribution in [0.2, 0.25) is 0 Å². The van der Waals surface area contributed by atoms with Gasteiger partial charge >= 0.3 is 0 Å². The molecule has 0 amide bonds. The van der Waals surface area contributed by atoms with Crippen LogP contribution in [0.4, 0.5) is 8.78 Å². The third kappa shape index (κ3) is 3.35. The fourth-order valence-corrected chi connectivity index (χ4v) is 2.36. The molecule has 0 aromatic heterocycles. The summed E-state index contributed by atoms with van der Waals surface area (Å²) in [6.45, 7) is 0. The molecular formula is C15H14BrF2NO. The number of rotatable bonds is 4. The molecule has 2 rings (SSSR count). The molecule has 0 aliphatic rings. The third-order valence-corrected chi connectivity index (χ3v) is 3.65. The van der Waals surface area contributed by atoms with Crippen molar-refractivity contribution in [1.29, 1.82) is 0 Å². The molecule has 2 aromatic rings. The Morgan fingerprint density at radius 1 is 1.20 bits per heavy atom. The van der Waals surface area contributed by atoms with Crippen molar-refractivity contribution in [2.45, 2.75) is 12.5 Å². The minimum Gasteiger partial charge on any atom is -0.496 e. The summed E-state index contributed by atoms with van der Waals surface area (Å²) in [5.41, 5.74) is 7.75. The van der Waals surface area contributed by atoms with Crippen LogP contribution < -0.4 is 10.5 Å². The van der Waals surface area contributed by atoms with E-state index in [0.717, 1.165) is 5.56 Å². The van der Waals surface area contributed by atoms with Gasteiger partial charge in [0.2, 0.25) is 0 Å². The number of nitrogens with two attached hydrogens (primary N) is 1. The number of benzene rings is 2. The van der Waals surface area contributed by atoms with Crippen molar-refractivity contribution in [3.05, 3.63) is 63.6 Å². The average Bonchev–Trinajstić information content (AvgIpc) is 2.43. The molecule has 1 atom stereocenters. The van der Waals surface area contributed by atoms with Crippen LogP contribution in [0.25, 0.3) is 0 Å². The summed E-state index contributed by atoms with van der Waals surface area (Å²) in [7, 11) is 1.47. The summed E-state index contributed by atoms with van der Waals surface area (Å²) in [6.07, 6.45) is 0.509. The Balaban J connectivity index is 2.26. The molecule has 2 N–H and O–H groups in total. The minimum absolute atomic E-state index is 0.288. The Morgan fingerprint density at radius 3 is 2.45 bits per heavy atom. The molecule has 0 aliphatic carbocycles. The number of methoxy groups -OCH3 is 1. The Morgan fingerprint density at radius 2 is 1.85 bits per heavy atom. The highest BCUT2D eigenvalue weighted by Gasteiger charge is 2.16. The van der Waals surface area contributed by atoms with Crippen molar-refractivity contribution in [3.8, 4) is 5.75 Å². The molecule has 0 saturated heterocycles. The summed E-state index contributed by atoms with van der Waals surface area (Å²) in [6, 6.07) is 8.68. The first-order chi connectivity index (χ1) is 9.51. The monoisotopic (exact) mass is 341 g/mol. The number of halogens is 3. The zero-order chi connectivity index (χ0) is 14.7. The second-order valence-corrected chi connectivity index (χ2v) is 5.30. The van der Waals surface area contributed by atoms with E-state index in [0.29, 0.717) is 22.2 Å². The van der Waals surface area contributed by atoms with E-state index in [9.17, 15) is 8.78 Å². The van der Waals surface area contributed by atoms with Crippen molar-refractivity contribution < 1.29 is 13.5 Å². The smallest absolute Gasteiger partial charge is 0.141 e. The Bertz CT molecular complexity index is 602. The van der Waals surface area contributed by atoms with Gasteiger partial charge in [-0.15, -0.1) is 0 Å². The molecule has 0 spiro atoms. The first kappa shape index (κ1) is 14.9. The van der Waals surface area contributed by atoms with E-state index < -0.39 is 5.82 Å². The van der Waals surface area contributed by atoms with Crippen molar-refractivity contribution in [3.63, 3.8) is 0 Å². The van der Waals surface area contributed by atoms with Gasteiger partial charge in [-0.1, -0.05) is 12.1 Å². The Labute approximate surface area is 124 Å². The van der Waals surface area contributed by atoms with Gasteiger partial charge in [0.05, 0.1) is 11.6 Å². The molecule has 0 bridgehead atoms. The molecule has 0 aliphatic heterocycles. The topological polar surface area (TPSA) is 35.2 Å². The lowest BCUT2D eigenvalue weighted by molar-refractivity contribution is 0.401. The van der Waals surface area contributed by atoms with Crippen molar-refractivity contribution in [2.24, 2.45) is 5.73 Å². The van der Waals surface area contributed by atoms with E-state index in [1.54, 1.807) is 18.2 Å². The van der Waals surface area contributed by atoms with E-state index in [2.05, 4.69) is 15.9 Å². The Hall–Kier alpha value is -1.46. The van der Waals surface area contributed by atoms with Gasteiger partial charge in [0.25, 0.3) is 0 Å². The molecule has 5 heteroatoms. The van der Waals surface area contributed by atoms with Gasteiger partial charge in [-0.05, 0) is 46.1 Å². The van der Waals surface area contributed by atoms with Crippen LogP contribution in [0.5, 0.6) is 5.75 Å². The van der Waals surface area contributed by atoms with Gasteiger partial charge in [-0.25, -0.2) is 8.78 Å². The van der Waals surface area contributed by atoms with Gasteiger partial charge in [-0.2, -0.15) is 0 Å². The van der Waals surface area contributed by atoms with Crippen LogP contribution in [0.1, 0.15) is 17.2 Å². The molecule has 0 radical (unpaired) electrons. The number of hydrogen-bond donors (Lipinski definition) is 1. The predicted octanol–water partition coefficient (Wildman–Crippen LogP) is 3.98. The van der Waals surface area contributed by atoms with Crippen molar-refractivity contribution >= 4 is 15.9 Å². The fraction of sp³-hybridized carbons (Fsp3) is 0.200. The quantitative estimate of drug-likeness (QED) is 0.912. The lowest BCUT2D eigenvalue weighted by Crippen LogP contribution is -2.15. The summed E-state index contributed by atoms with van der Waals surface area (Å²) >= 11 is 3.14. The third-order valence-electron chi connectivity index (χ3n) is 3.04. The van der Waals surface area contributed by atoms with Crippen molar-refractivity contribution in [1.82, 2.24) is 0 Å². The first-order valence-corrected chi connectivity index (χ1v) is 6.83. The molecule has 106 valence electrons. The van der Waals surface area contributed by atoms with E-state index in [-0.39, 0.29) is 11.9 Å². The van der Waals surface area contributed by atoms with Crippen LogP contribution in [-0.2, 0) is 6.42 Å². The van der Waals surface area contributed by atoms with Gasteiger partial charge in [0, 0.05) is 17.7 Å². The summed E-state index contributed by atoms with van der Waals surface area (Å²) in [5.74, 6) is -0.288. The zero-order valence-electron chi connectivity index (χ0n) is 10.9. The molecule has 2 nitrogen and oxygen atoms in total. The predicted molar refractivity (Wildman–Crippen MR) is 77.7 cm³/mol. The molecule has 0 saturated carbocycles. The van der Waals surface area contributed by atoms with Gasteiger partial charge in [-0.3, -0.25) is 0 Å². The number of hydrogen-bond acceptors (Lipinski definition) is 2. The normalized spacial score (nSPS) is 12.2. The van der Waals surface area contributed by atoms with Gasteiger partial charge in [0.1, 0.15) is 17.4 Å². The second kappa shape index (κ2) is 6.33. The Kier molecular flexibility index (Phi) is 4.73.